The van der Waals surface area contributed by atoms with E-state index in [2.05, 4.69) is 21.7 Å². The first-order valence-electron chi connectivity index (χ1n) is 9.29. The smallest absolute Gasteiger partial charge is 0.266 e. The van der Waals surface area contributed by atoms with E-state index in [4.69, 9.17) is 5.26 Å². The van der Waals surface area contributed by atoms with Gasteiger partial charge >= 0.3 is 0 Å². The van der Waals surface area contributed by atoms with Crippen LogP contribution in [-0.2, 0) is 0 Å². The van der Waals surface area contributed by atoms with Crippen molar-refractivity contribution in [3.05, 3.63) is 108 Å². The summed E-state index contributed by atoms with van der Waals surface area (Å²) in [5.41, 5.74) is 6.66. The number of nitrogens with one attached hydrogen (secondary N) is 1. The molecule has 0 aliphatic carbocycles. The van der Waals surface area contributed by atoms with Crippen molar-refractivity contribution in [1.82, 2.24) is 15.2 Å². The fourth-order valence-corrected chi connectivity index (χ4v) is 2.93. The third kappa shape index (κ3) is 4.16. The number of nitrogens with zero attached hydrogens (tertiary/aromatic N) is 4. The van der Waals surface area contributed by atoms with Crippen LogP contribution in [0.25, 0.3) is 16.9 Å². The Kier molecular flexibility index (Phi) is 5.45. The zero-order valence-corrected chi connectivity index (χ0v) is 15.9. The lowest BCUT2D eigenvalue weighted by Gasteiger charge is -2.05. The Balaban J connectivity index is 1.61. The first-order chi connectivity index (χ1) is 14.7. The molecule has 0 unspecified atom stereocenters. The summed E-state index contributed by atoms with van der Waals surface area (Å²) in [4.78, 5) is 12.8. The van der Waals surface area contributed by atoms with Crippen LogP contribution in [0.15, 0.2) is 96.1 Å². The molecule has 0 aliphatic rings. The Labute approximate surface area is 173 Å². The fourth-order valence-electron chi connectivity index (χ4n) is 2.93. The molecule has 0 atom stereocenters. The minimum atomic E-state index is -0.376. The Morgan fingerprint density at radius 2 is 1.63 bits per heavy atom. The van der Waals surface area contributed by atoms with Gasteiger partial charge in [-0.15, -0.1) is 0 Å². The number of hydrogen-bond donors (Lipinski definition) is 1. The minimum Gasteiger partial charge on any atom is -0.266 e. The van der Waals surface area contributed by atoms with E-state index in [1.54, 1.807) is 35.0 Å². The summed E-state index contributed by atoms with van der Waals surface area (Å²) >= 11 is 0. The molecule has 4 aromatic rings. The molecule has 144 valence electrons. The molecular formula is C24H17N5O. The van der Waals surface area contributed by atoms with Gasteiger partial charge in [0, 0.05) is 5.56 Å². The second kappa shape index (κ2) is 8.67. The molecular weight excluding hydrogens is 374 g/mol. The van der Waals surface area contributed by atoms with Crippen molar-refractivity contribution < 1.29 is 4.79 Å². The highest BCUT2D eigenvalue weighted by molar-refractivity contribution is 5.95. The molecule has 0 fully saturated rings. The van der Waals surface area contributed by atoms with Gasteiger partial charge in [0.05, 0.1) is 29.2 Å². The normalized spacial score (nSPS) is 10.6. The highest BCUT2D eigenvalue weighted by Crippen LogP contribution is 2.21. The molecule has 0 bridgehead atoms. The third-order valence-electron chi connectivity index (χ3n) is 4.43. The van der Waals surface area contributed by atoms with Crippen LogP contribution >= 0.6 is 0 Å². The van der Waals surface area contributed by atoms with Crippen molar-refractivity contribution in [1.29, 1.82) is 5.26 Å². The van der Waals surface area contributed by atoms with E-state index in [1.165, 1.54) is 6.21 Å². The van der Waals surface area contributed by atoms with Gasteiger partial charge in [0.25, 0.3) is 5.91 Å². The standard InChI is InChI=1S/C24H17N5O/c25-16-18-11-13-19(14-12-18)17-26-27-24(30)23-15-22(20-7-3-1-4-8-20)28-29(23)21-9-5-2-6-10-21/h1-15,17H,(H,27,30)/b26-17+. The van der Waals surface area contributed by atoms with Crippen LogP contribution in [0.2, 0.25) is 0 Å². The lowest BCUT2D eigenvalue weighted by Crippen LogP contribution is -2.21. The van der Waals surface area contributed by atoms with Crippen molar-refractivity contribution in [2.75, 3.05) is 0 Å². The third-order valence-corrected chi connectivity index (χ3v) is 4.43. The van der Waals surface area contributed by atoms with Gasteiger partial charge in [-0.05, 0) is 35.9 Å². The van der Waals surface area contributed by atoms with Crippen molar-refractivity contribution in [3.8, 4) is 23.0 Å². The topological polar surface area (TPSA) is 83.1 Å². The Morgan fingerprint density at radius 1 is 0.967 bits per heavy atom. The highest BCUT2D eigenvalue weighted by atomic mass is 16.2. The first-order valence-corrected chi connectivity index (χ1v) is 9.29. The zero-order valence-electron chi connectivity index (χ0n) is 15.9. The minimum absolute atomic E-state index is 0.372. The van der Waals surface area contributed by atoms with Crippen LogP contribution in [-0.4, -0.2) is 21.9 Å². The summed E-state index contributed by atoms with van der Waals surface area (Å²) in [6.45, 7) is 0. The van der Waals surface area contributed by atoms with Gasteiger partial charge in [0.1, 0.15) is 5.69 Å². The summed E-state index contributed by atoms with van der Waals surface area (Å²) < 4.78 is 1.61. The maximum absolute atomic E-state index is 12.8. The van der Waals surface area contributed by atoms with E-state index in [0.29, 0.717) is 17.0 Å². The Hall–Kier alpha value is -4.50. The van der Waals surface area contributed by atoms with E-state index in [-0.39, 0.29) is 5.91 Å². The number of carbonyl (C=O) groups is 1. The molecule has 1 heterocycles. The second-order valence-electron chi connectivity index (χ2n) is 6.46. The molecule has 1 N–H and O–H groups in total. The quantitative estimate of drug-likeness (QED) is 0.409. The van der Waals surface area contributed by atoms with Gasteiger partial charge in [-0.3, -0.25) is 4.79 Å². The molecule has 0 aliphatic heterocycles. The van der Waals surface area contributed by atoms with Crippen molar-refractivity contribution >= 4 is 12.1 Å². The average molecular weight is 391 g/mol. The number of benzene rings is 3. The zero-order chi connectivity index (χ0) is 20.8. The summed E-state index contributed by atoms with van der Waals surface area (Å²) in [5.74, 6) is -0.376. The van der Waals surface area contributed by atoms with Gasteiger partial charge in [0.2, 0.25) is 0 Å². The van der Waals surface area contributed by atoms with Crippen LogP contribution in [0.1, 0.15) is 21.6 Å². The second-order valence-corrected chi connectivity index (χ2v) is 6.46. The van der Waals surface area contributed by atoms with E-state index in [1.807, 2.05) is 60.7 Å². The number of carbonyl (C=O) groups excluding carboxylic acids is 1. The van der Waals surface area contributed by atoms with Gasteiger partial charge in [0.15, 0.2) is 0 Å². The van der Waals surface area contributed by atoms with Crippen LogP contribution in [0.4, 0.5) is 0 Å². The van der Waals surface area contributed by atoms with Crippen molar-refractivity contribution in [3.63, 3.8) is 0 Å². The summed E-state index contributed by atoms with van der Waals surface area (Å²) in [6.07, 6.45) is 1.53. The molecule has 0 saturated heterocycles. The number of nitriles is 1. The van der Waals surface area contributed by atoms with E-state index in [0.717, 1.165) is 16.8 Å². The van der Waals surface area contributed by atoms with E-state index < -0.39 is 0 Å². The first kappa shape index (κ1) is 18.8. The van der Waals surface area contributed by atoms with Gasteiger partial charge in [-0.2, -0.15) is 15.5 Å². The molecule has 30 heavy (non-hydrogen) atoms. The predicted octanol–water partition coefficient (Wildman–Crippen LogP) is 4.17. The molecule has 0 saturated carbocycles. The molecule has 6 nitrogen and oxygen atoms in total. The monoisotopic (exact) mass is 391 g/mol. The highest BCUT2D eigenvalue weighted by Gasteiger charge is 2.17. The molecule has 4 rings (SSSR count). The summed E-state index contributed by atoms with van der Waals surface area (Å²) in [7, 11) is 0. The molecule has 6 heteroatoms. The predicted molar refractivity (Wildman–Crippen MR) is 115 cm³/mol. The number of rotatable bonds is 5. The molecule has 0 radical (unpaired) electrons. The number of amides is 1. The Morgan fingerprint density at radius 3 is 2.30 bits per heavy atom. The number of hydrazone groups is 1. The molecule has 0 spiro atoms. The van der Waals surface area contributed by atoms with Crippen LogP contribution in [0.3, 0.4) is 0 Å². The maximum atomic E-state index is 12.8. The maximum Gasteiger partial charge on any atom is 0.290 e. The SMILES string of the molecule is N#Cc1ccc(/C=N/NC(=O)c2cc(-c3ccccc3)nn2-c2ccccc2)cc1. The van der Waals surface area contributed by atoms with Crippen molar-refractivity contribution in [2.24, 2.45) is 5.10 Å². The lowest BCUT2D eigenvalue weighted by atomic mass is 10.1. The van der Waals surface area contributed by atoms with Crippen LogP contribution in [0.5, 0.6) is 0 Å². The molecule has 1 amide bonds. The summed E-state index contributed by atoms with van der Waals surface area (Å²) in [5, 5.41) is 17.5. The van der Waals surface area contributed by atoms with Gasteiger partial charge in [-0.25, -0.2) is 10.1 Å². The van der Waals surface area contributed by atoms with Gasteiger partial charge < -0.3 is 0 Å². The molecule has 3 aromatic carbocycles. The number of hydrogen-bond acceptors (Lipinski definition) is 4. The fraction of sp³-hybridized carbons (Fsp3) is 0. The summed E-state index contributed by atoms with van der Waals surface area (Å²) in [6, 6.07) is 29.9. The van der Waals surface area contributed by atoms with Crippen molar-refractivity contribution in [2.45, 2.75) is 0 Å². The van der Waals surface area contributed by atoms with E-state index in [9.17, 15) is 4.79 Å². The van der Waals surface area contributed by atoms with Crippen LogP contribution in [0, 0.1) is 11.3 Å². The molecule has 1 aromatic heterocycles. The largest absolute Gasteiger partial charge is 0.290 e. The lowest BCUT2D eigenvalue weighted by molar-refractivity contribution is 0.0947. The number of para-hydroxylation sites is 1. The van der Waals surface area contributed by atoms with Crippen LogP contribution < -0.4 is 5.43 Å². The Bertz CT molecular complexity index is 1220. The number of aromatic nitrogens is 2. The average Bonchev–Trinajstić information content (AvgIpc) is 3.26. The van der Waals surface area contributed by atoms with E-state index >= 15 is 0 Å². The van der Waals surface area contributed by atoms with Gasteiger partial charge in [-0.1, -0.05) is 60.7 Å².